The summed E-state index contributed by atoms with van der Waals surface area (Å²) < 4.78 is 0. The molecule has 0 atom stereocenters. The molecule has 0 fully saturated rings. The standard InChI is InChI=1S/C8H10N2O/c1-10(9)8-5-3-2-4-7(8)6-11/h2-6H,9H2,1H3. The van der Waals surface area contributed by atoms with Gasteiger partial charge in [0.1, 0.15) is 0 Å². The Labute approximate surface area is 65.4 Å². The lowest BCUT2D eigenvalue weighted by atomic mass is 10.2. The molecule has 0 radical (unpaired) electrons. The van der Waals surface area contributed by atoms with Crippen molar-refractivity contribution in [3.05, 3.63) is 29.8 Å². The molecule has 0 aliphatic rings. The Kier molecular flexibility index (Phi) is 2.23. The number of benzene rings is 1. The fourth-order valence-corrected chi connectivity index (χ4v) is 0.908. The zero-order valence-corrected chi connectivity index (χ0v) is 6.32. The smallest absolute Gasteiger partial charge is 0.152 e. The first-order chi connectivity index (χ1) is 5.25. The van der Waals surface area contributed by atoms with Gasteiger partial charge in [-0.1, -0.05) is 12.1 Å². The minimum atomic E-state index is 0.609. The van der Waals surface area contributed by atoms with Crippen LogP contribution in [0.25, 0.3) is 0 Å². The van der Waals surface area contributed by atoms with Crippen LogP contribution in [0.2, 0.25) is 0 Å². The quantitative estimate of drug-likeness (QED) is 0.385. The average molecular weight is 150 g/mol. The Bertz CT molecular complexity index is 258. The Morgan fingerprint density at radius 3 is 2.55 bits per heavy atom. The third-order valence-corrected chi connectivity index (χ3v) is 1.44. The molecular weight excluding hydrogens is 140 g/mol. The van der Waals surface area contributed by atoms with Crippen molar-refractivity contribution in [2.45, 2.75) is 0 Å². The topological polar surface area (TPSA) is 46.3 Å². The highest BCUT2D eigenvalue weighted by Crippen LogP contribution is 2.13. The Balaban J connectivity index is 3.12. The summed E-state index contributed by atoms with van der Waals surface area (Å²) in [6.07, 6.45) is 0.790. The molecule has 0 unspecified atom stereocenters. The molecule has 11 heavy (non-hydrogen) atoms. The van der Waals surface area contributed by atoms with Crippen molar-refractivity contribution >= 4 is 12.0 Å². The molecule has 3 heteroatoms. The highest BCUT2D eigenvalue weighted by atomic mass is 16.1. The van der Waals surface area contributed by atoms with Crippen LogP contribution >= 0.6 is 0 Å². The molecule has 3 nitrogen and oxygen atoms in total. The number of hydrogen-bond donors (Lipinski definition) is 1. The molecule has 0 aromatic heterocycles. The fraction of sp³-hybridized carbons (Fsp3) is 0.125. The van der Waals surface area contributed by atoms with E-state index in [0.29, 0.717) is 5.56 Å². The third kappa shape index (κ3) is 1.56. The van der Waals surface area contributed by atoms with E-state index in [1.54, 1.807) is 25.2 Å². The normalized spacial score (nSPS) is 9.27. The Morgan fingerprint density at radius 2 is 2.09 bits per heavy atom. The summed E-state index contributed by atoms with van der Waals surface area (Å²) in [7, 11) is 1.70. The van der Waals surface area contributed by atoms with Gasteiger partial charge >= 0.3 is 0 Å². The second kappa shape index (κ2) is 3.16. The Hall–Kier alpha value is -1.35. The SMILES string of the molecule is CN(N)c1ccccc1C=O. The van der Waals surface area contributed by atoms with E-state index in [1.807, 2.05) is 6.07 Å². The van der Waals surface area contributed by atoms with E-state index < -0.39 is 0 Å². The fourth-order valence-electron chi connectivity index (χ4n) is 0.908. The van der Waals surface area contributed by atoms with Gasteiger partial charge in [-0.05, 0) is 12.1 Å². The van der Waals surface area contributed by atoms with Crippen LogP contribution in [0, 0.1) is 0 Å². The van der Waals surface area contributed by atoms with Crippen molar-refractivity contribution in [1.29, 1.82) is 0 Å². The summed E-state index contributed by atoms with van der Waals surface area (Å²) in [5.74, 6) is 5.46. The zero-order chi connectivity index (χ0) is 8.27. The molecule has 0 aliphatic carbocycles. The highest BCUT2D eigenvalue weighted by Gasteiger charge is 2.00. The number of hydrazine groups is 1. The maximum atomic E-state index is 10.4. The molecule has 0 saturated heterocycles. The van der Waals surface area contributed by atoms with E-state index in [2.05, 4.69) is 0 Å². The summed E-state index contributed by atoms with van der Waals surface area (Å²) in [4.78, 5) is 10.4. The molecule has 1 aromatic carbocycles. The van der Waals surface area contributed by atoms with Crippen molar-refractivity contribution in [3.63, 3.8) is 0 Å². The van der Waals surface area contributed by atoms with E-state index in [4.69, 9.17) is 5.84 Å². The molecule has 1 rings (SSSR count). The first kappa shape index (κ1) is 7.75. The van der Waals surface area contributed by atoms with Gasteiger partial charge in [-0.2, -0.15) is 0 Å². The van der Waals surface area contributed by atoms with E-state index in [9.17, 15) is 4.79 Å². The van der Waals surface area contributed by atoms with Gasteiger partial charge < -0.3 is 5.01 Å². The van der Waals surface area contributed by atoms with Crippen LogP contribution in [0.15, 0.2) is 24.3 Å². The molecule has 0 heterocycles. The van der Waals surface area contributed by atoms with Gasteiger partial charge in [-0.25, -0.2) is 5.84 Å². The molecule has 0 amide bonds. The molecule has 2 N–H and O–H groups in total. The van der Waals surface area contributed by atoms with Crippen LogP contribution in [-0.2, 0) is 0 Å². The maximum Gasteiger partial charge on any atom is 0.152 e. The largest absolute Gasteiger partial charge is 0.313 e. The number of carbonyl (C=O) groups is 1. The summed E-state index contributed by atoms with van der Waals surface area (Å²) >= 11 is 0. The van der Waals surface area contributed by atoms with Gasteiger partial charge in [-0.3, -0.25) is 4.79 Å². The van der Waals surface area contributed by atoms with Crippen LogP contribution in [0.1, 0.15) is 10.4 Å². The lowest BCUT2D eigenvalue weighted by Crippen LogP contribution is -2.26. The monoisotopic (exact) mass is 150 g/mol. The van der Waals surface area contributed by atoms with E-state index in [-0.39, 0.29) is 0 Å². The van der Waals surface area contributed by atoms with Gasteiger partial charge in [0.15, 0.2) is 6.29 Å². The van der Waals surface area contributed by atoms with Gasteiger partial charge in [0.2, 0.25) is 0 Å². The number of rotatable bonds is 2. The number of para-hydroxylation sites is 1. The van der Waals surface area contributed by atoms with Gasteiger partial charge in [0.25, 0.3) is 0 Å². The minimum Gasteiger partial charge on any atom is -0.313 e. The maximum absolute atomic E-state index is 10.4. The van der Waals surface area contributed by atoms with Crippen molar-refractivity contribution in [2.24, 2.45) is 5.84 Å². The predicted octanol–water partition coefficient (Wildman–Crippen LogP) is 0.809. The molecule has 1 aromatic rings. The second-order valence-electron chi connectivity index (χ2n) is 2.29. The van der Waals surface area contributed by atoms with E-state index >= 15 is 0 Å². The number of anilines is 1. The van der Waals surface area contributed by atoms with Crippen molar-refractivity contribution in [2.75, 3.05) is 12.1 Å². The number of nitrogens with zero attached hydrogens (tertiary/aromatic N) is 1. The number of nitrogens with two attached hydrogens (primary N) is 1. The summed E-state index contributed by atoms with van der Waals surface area (Å²) in [5, 5.41) is 1.42. The van der Waals surface area contributed by atoms with Gasteiger partial charge in [0, 0.05) is 12.6 Å². The van der Waals surface area contributed by atoms with Crippen molar-refractivity contribution in [3.8, 4) is 0 Å². The summed E-state index contributed by atoms with van der Waals surface area (Å²) in [6, 6.07) is 7.16. The molecule has 0 bridgehead atoms. The molecule has 0 spiro atoms. The third-order valence-electron chi connectivity index (χ3n) is 1.44. The molecular formula is C8H10N2O. The number of hydrogen-bond acceptors (Lipinski definition) is 3. The molecule has 58 valence electrons. The van der Waals surface area contributed by atoms with Gasteiger partial charge in [-0.15, -0.1) is 0 Å². The van der Waals surface area contributed by atoms with E-state index in [1.165, 1.54) is 5.01 Å². The van der Waals surface area contributed by atoms with E-state index in [0.717, 1.165) is 12.0 Å². The van der Waals surface area contributed by atoms with Crippen molar-refractivity contribution in [1.82, 2.24) is 0 Å². The Morgan fingerprint density at radius 1 is 1.45 bits per heavy atom. The molecule has 0 aliphatic heterocycles. The average Bonchev–Trinajstić information content (AvgIpc) is 2.04. The van der Waals surface area contributed by atoms with Crippen LogP contribution in [-0.4, -0.2) is 13.3 Å². The first-order valence-corrected chi connectivity index (χ1v) is 3.28. The highest BCUT2D eigenvalue weighted by molar-refractivity contribution is 5.84. The zero-order valence-electron chi connectivity index (χ0n) is 6.32. The first-order valence-electron chi connectivity index (χ1n) is 3.28. The minimum absolute atomic E-state index is 0.609. The number of carbonyl (C=O) groups excluding carboxylic acids is 1. The van der Waals surface area contributed by atoms with Crippen molar-refractivity contribution < 1.29 is 4.79 Å². The van der Waals surface area contributed by atoms with Crippen LogP contribution in [0.5, 0.6) is 0 Å². The van der Waals surface area contributed by atoms with Gasteiger partial charge in [0.05, 0.1) is 5.69 Å². The lowest BCUT2D eigenvalue weighted by Gasteiger charge is -2.13. The van der Waals surface area contributed by atoms with Crippen LogP contribution in [0.4, 0.5) is 5.69 Å². The van der Waals surface area contributed by atoms with Crippen LogP contribution in [0.3, 0.4) is 0 Å². The lowest BCUT2D eigenvalue weighted by molar-refractivity contribution is 0.112. The summed E-state index contributed by atoms with van der Waals surface area (Å²) in [5.41, 5.74) is 1.35. The van der Waals surface area contributed by atoms with Crippen LogP contribution < -0.4 is 10.9 Å². The second-order valence-corrected chi connectivity index (χ2v) is 2.29. The number of aldehydes is 1. The molecule has 0 saturated carbocycles. The summed E-state index contributed by atoms with van der Waals surface area (Å²) in [6.45, 7) is 0. The predicted molar refractivity (Wildman–Crippen MR) is 44.4 cm³/mol.